The van der Waals surface area contributed by atoms with Gasteiger partial charge < -0.3 is 23.7 Å². The zero-order valence-electron chi connectivity index (χ0n) is 17.5. The van der Waals surface area contributed by atoms with Crippen LogP contribution in [0.15, 0.2) is 36.5 Å². The molecule has 0 spiro atoms. The Labute approximate surface area is 169 Å². The predicted octanol–water partition coefficient (Wildman–Crippen LogP) is 4.01. The van der Waals surface area contributed by atoms with Gasteiger partial charge >= 0.3 is 0 Å². The fraction of sp³-hybridized carbons (Fsp3) is 0.261. The number of pyridine rings is 1. The largest absolute Gasteiger partial charge is 0.496 e. The Morgan fingerprint density at radius 1 is 0.621 bits per heavy atom. The van der Waals surface area contributed by atoms with Crippen LogP contribution in [0.5, 0.6) is 28.7 Å². The Morgan fingerprint density at radius 2 is 1.28 bits per heavy atom. The number of ether oxygens (including phenoxy) is 5. The summed E-state index contributed by atoms with van der Waals surface area (Å²) in [5, 5.41) is 5.04. The minimum atomic E-state index is 0.628. The molecule has 6 nitrogen and oxygen atoms in total. The molecule has 0 saturated heterocycles. The van der Waals surface area contributed by atoms with Crippen LogP contribution in [0.1, 0.15) is 0 Å². The molecular weight excluding hydrogens is 370 g/mol. The Kier molecular flexibility index (Phi) is 4.70. The average molecular weight is 394 g/mol. The van der Waals surface area contributed by atoms with Crippen LogP contribution < -0.4 is 28.3 Å². The standard InChI is InChI=1S/C23H24NO5/c1-24-12-16-21(19(27-4)11-20(28-5)23(16)29-6)14-8-7-13-9-17(25-2)18(26-3)10-15(13)22(14)24/h7-12H,1-6H3/q+1. The van der Waals surface area contributed by atoms with Crippen molar-refractivity contribution in [2.75, 3.05) is 35.5 Å². The van der Waals surface area contributed by atoms with Gasteiger partial charge in [0, 0.05) is 11.5 Å². The maximum absolute atomic E-state index is 5.72. The molecule has 1 aromatic heterocycles. The van der Waals surface area contributed by atoms with Gasteiger partial charge in [0.2, 0.25) is 5.52 Å². The summed E-state index contributed by atoms with van der Waals surface area (Å²) in [6, 6.07) is 10.0. The third-order valence-corrected chi connectivity index (χ3v) is 5.33. The summed E-state index contributed by atoms with van der Waals surface area (Å²) in [6.07, 6.45) is 2.04. The number of aryl methyl sites for hydroxylation is 1. The van der Waals surface area contributed by atoms with Crippen molar-refractivity contribution < 1.29 is 28.3 Å². The number of rotatable bonds is 5. The van der Waals surface area contributed by atoms with Crippen LogP contribution in [0.2, 0.25) is 0 Å². The molecule has 0 aliphatic rings. The van der Waals surface area contributed by atoms with Crippen LogP contribution in [-0.2, 0) is 7.05 Å². The number of fused-ring (bicyclic) bond motifs is 5. The highest BCUT2D eigenvalue weighted by Gasteiger charge is 2.23. The molecule has 6 heteroatoms. The predicted molar refractivity (Wildman–Crippen MR) is 113 cm³/mol. The first-order valence-corrected chi connectivity index (χ1v) is 9.17. The minimum Gasteiger partial charge on any atom is -0.496 e. The highest BCUT2D eigenvalue weighted by molar-refractivity contribution is 6.17. The quantitative estimate of drug-likeness (QED) is 0.378. The van der Waals surface area contributed by atoms with Crippen LogP contribution in [0.25, 0.3) is 32.4 Å². The number of nitrogens with zero attached hydrogens (tertiary/aromatic N) is 1. The molecule has 4 rings (SSSR count). The van der Waals surface area contributed by atoms with E-state index in [2.05, 4.69) is 16.7 Å². The fourth-order valence-corrected chi connectivity index (χ4v) is 4.03. The molecule has 0 aliphatic carbocycles. The van der Waals surface area contributed by atoms with Crippen LogP contribution in [0, 0.1) is 0 Å². The van der Waals surface area contributed by atoms with E-state index in [4.69, 9.17) is 23.7 Å². The van der Waals surface area contributed by atoms with Gasteiger partial charge in [-0.2, -0.15) is 4.57 Å². The molecule has 0 amide bonds. The SMILES string of the molecule is COc1cc2ccc3c4c(OC)cc(OC)c(OC)c4c[n+](C)c3c2cc1OC. The number of aromatic nitrogens is 1. The number of hydrogen-bond donors (Lipinski definition) is 0. The number of methoxy groups -OCH3 is 5. The van der Waals surface area contributed by atoms with E-state index in [1.165, 1.54) is 0 Å². The lowest BCUT2D eigenvalue weighted by Gasteiger charge is -2.15. The second kappa shape index (κ2) is 7.20. The van der Waals surface area contributed by atoms with Gasteiger partial charge in [-0.3, -0.25) is 0 Å². The van der Waals surface area contributed by atoms with Crippen molar-refractivity contribution in [1.29, 1.82) is 0 Å². The van der Waals surface area contributed by atoms with Crippen molar-refractivity contribution >= 4 is 32.4 Å². The van der Waals surface area contributed by atoms with Gasteiger partial charge in [0.25, 0.3) is 0 Å². The van der Waals surface area contributed by atoms with E-state index in [1.54, 1.807) is 35.5 Å². The molecule has 29 heavy (non-hydrogen) atoms. The van der Waals surface area contributed by atoms with E-state index in [0.29, 0.717) is 23.0 Å². The maximum Gasteiger partial charge on any atom is 0.221 e. The second-order valence-electron chi connectivity index (χ2n) is 6.73. The first-order chi connectivity index (χ1) is 14.1. The molecule has 0 bridgehead atoms. The Balaban J connectivity index is 2.23. The minimum absolute atomic E-state index is 0.628. The van der Waals surface area contributed by atoms with E-state index < -0.39 is 0 Å². The average Bonchev–Trinajstić information content (AvgIpc) is 2.76. The summed E-state index contributed by atoms with van der Waals surface area (Å²) < 4.78 is 30.0. The third kappa shape index (κ3) is 2.75. The second-order valence-corrected chi connectivity index (χ2v) is 6.73. The van der Waals surface area contributed by atoms with E-state index in [-0.39, 0.29) is 0 Å². The normalized spacial score (nSPS) is 11.1. The van der Waals surface area contributed by atoms with Crippen LogP contribution in [0.4, 0.5) is 0 Å². The first kappa shape index (κ1) is 18.9. The molecule has 4 aromatic rings. The van der Waals surface area contributed by atoms with Crippen molar-refractivity contribution in [2.45, 2.75) is 0 Å². The summed E-state index contributed by atoms with van der Waals surface area (Å²) in [4.78, 5) is 0. The monoisotopic (exact) mass is 394 g/mol. The van der Waals surface area contributed by atoms with Crippen molar-refractivity contribution in [3.05, 3.63) is 36.5 Å². The van der Waals surface area contributed by atoms with Gasteiger partial charge in [-0.25, -0.2) is 0 Å². The Hall–Kier alpha value is -3.41. The topological polar surface area (TPSA) is 50.0 Å². The van der Waals surface area contributed by atoms with Crippen molar-refractivity contribution in [3.63, 3.8) is 0 Å². The fourth-order valence-electron chi connectivity index (χ4n) is 4.03. The lowest BCUT2D eigenvalue weighted by atomic mass is 9.99. The highest BCUT2D eigenvalue weighted by atomic mass is 16.5. The molecule has 0 atom stereocenters. The molecule has 0 radical (unpaired) electrons. The van der Waals surface area contributed by atoms with Crippen molar-refractivity contribution in [3.8, 4) is 28.7 Å². The van der Waals surface area contributed by atoms with Crippen molar-refractivity contribution in [1.82, 2.24) is 0 Å². The molecule has 1 heterocycles. The van der Waals surface area contributed by atoms with Crippen LogP contribution in [-0.4, -0.2) is 35.5 Å². The molecule has 3 aromatic carbocycles. The Bertz CT molecular complexity index is 1250. The third-order valence-electron chi connectivity index (χ3n) is 5.33. The number of hydrogen-bond acceptors (Lipinski definition) is 5. The summed E-state index contributed by atoms with van der Waals surface area (Å²) >= 11 is 0. The lowest BCUT2D eigenvalue weighted by Crippen LogP contribution is -2.28. The Morgan fingerprint density at radius 3 is 1.90 bits per heavy atom. The molecule has 0 fully saturated rings. The van der Waals surface area contributed by atoms with Gasteiger partial charge in [-0.1, -0.05) is 6.07 Å². The zero-order chi connectivity index (χ0) is 20.7. The number of benzene rings is 3. The summed E-state index contributed by atoms with van der Waals surface area (Å²) in [5.74, 6) is 3.42. The molecule has 0 aliphatic heterocycles. The lowest BCUT2D eigenvalue weighted by molar-refractivity contribution is -0.642. The molecule has 0 saturated carbocycles. The highest BCUT2D eigenvalue weighted by Crippen LogP contribution is 2.44. The van der Waals surface area contributed by atoms with Gasteiger partial charge in [0.1, 0.15) is 12.8 Å². The van der Waals surface area contributed by atoms with Gasteiger partial charge in [0.15, 0.2) is 29.2 Å². The first-order valence-electron chi connectivity index (χ1n) is 9.17. The summed E-state index contributed by atoms with van der Waals surface area (Å²) in [6.45, 7) is 0. The summed E-state index contributed by atoms with van der Waals surface area (Å²) in [5.41, 5.74) is 1.06. The smallest absolute Gasteiger partial charge is 0.221 e. The van der Waals surface area contributed by atoms with E-state index in [9.17, 15) is 0 Å². The van der Waals surface area contributed by atoms with Crippen LogP contribution in [0.3, 0.4) is 0 Å². The molecular formula is C23H24NO5+. The van der Waals surface area contributed by atoms with E-state index in [0.717, 1.165) is 38.2 Å². The van der Waals surface area contributed by atoms with Gasteiger partial charge in [-0.05, 0) is 23.6 Å². The van der Waals surface area contributed by atoms with E-state index >= 15 is 0 Å². The van der Waals surface area contributed by atoms with Gasteiger partial charge in [-0.15, -0.1) is 0 Å². The van der Waals surface area contributed by atoms with Crippen LogP contribution >= 0.6 is 0 Å². The van der Waals surface area contributed by atoms with E-state index in [1.807, 2.05) is 31.4 Å². The van der Waals surface area contributed by atoms with Crippen molar-refractivity contribution in [2.24, 2.45) is 7.05 Å². The molecule has 0 N–H and O–H groups in total. The van der Waals surface area contributed by atoms with Gasteiger partial charge in [0.05, 0.1) is 51.7 Å². The summed E-state index contributed by atoms with van der Waals surface area (Å²) in [7, 11) is 10.2. The molecule has 0 unspecified atom stereocenters. The maximum atomic E-state index is 5.72. The zero-order valence-corrected chi connectivity index (χ0v) is 17.5. The molecule has 150 valence electrons.